The lowest BCUT2D eigenvalue weighted by atomic mass is 9.90. The van der Waals surface area contributed by atoms with Crippen LogP contribution in [0.25, 0.3) is 0 Å². The number of rotatable bonds is 5. The van der Waals surface area contributed by atoms with Gasteiger partial charge in [-0.3, -0.25) is 9.59 Å². The lowest BCUT2D eigenvalue weighted by Gasteiger charge is -2.22. The first-order valence-corrected chi connectivity index (χ1v) is 7.44. The molecular weight excluding hydrogens is 286 g/mol. The Bertz CT molecular complexity index is 647. The Morgan fingerprint density at radius 3 is 2.62 bits per heavy atom. The molecule has 0 aliphatic rings. The van der Waals surface area contributed by atoms with Crippen LogP contribution in [0.1, 0.15) is 24.3 Å². The lowest BCUT2D eigenvalue weighted by Crippen LogP contribution is -2.33. The predicted octanol–water partition coefficient (Wildman–Crippen LogP) is 3.29. The molecule has 0 aliphatic carbocycles. The van der Waals surface area contributed by atoms with E-state index in [1.807, 2.05) is 31.4 Å². The molecule has 0 spiro atoms. The number of carbonyl (C=O) groups excluding carboxylic acids is 1. The number of benzene rings is 1. The fourth-order valence-electron chi connectivity index (χ4n) is 1.97. The van der Waals surface area contributed by atoms with Crippen LogP contribution in [-0.4, -0.2) is 17.0 Å². The van der Waals surface area contributed by atoms with Crippen molar-refractivity contribution in [2.75, 3.05) is 5.32 Å². The summed E-state index contributed by atoms with van der Waals surface area (Å²) in [5.41, 5.74) is 0.648. The van der Waals surface area contributed by atoms with E-state index in [2.05, 4.69) is 5.32 Å². The molecule has 0 saturated carbocycles. The quantitative estimate of drug-likeness (QED) is 0.890. The number of amides is 1. The zero-order chi connectivity index (χ0) is 15.5. The number of hydrogen-bond donors (Lipinski definition) is 2. The van der Waals surface area contributed by atoms with Crippen LogP contribution in [0.15, 0.2) is 41.8 Å². The van der Waals surface area contributed by atoms with Gasteiger partial charge in [0.2, 0.25) is 5.91 Å². The molecule has 0 unspecified atom stereocenters. The molecule has 0 bridgehead atoms. The molecule has 4 nitrogen and oxygen atoms in total. The van der Waals surface area contributed by atoms with Crippen molar-refractivity contribution >= 4 is 28.9 Å². The smallest absolute Gasteiger partial charge is 0.307 e. The number of carboxylic acid groups (broad SMARTS) is 1. The summed E-state index contributed by atoms with van der Waals surface area (Å²) in [5.74, 6) is -1.00. The van der Waals surface area contributed by atoms with Crippen LogP contribution in [0, 0.1) is 0 Å². The Hall–Kier alpha value is -2.14. The molecule has 0 saturated heterocycles. The van der Waals surface area contributed by atoms with Crippen LogP contribution in [0.4, 0.5) is 5.69 Å². The Balaban J connectivity index is 2.14. The summed E-state index contributed by atoms with van der Waals surface area (Å²) < 4.78 is 0. The summed E-state index contributed by atoms with van der Waals surface area (Å²) >= 11 is 1.54. The largest absolute Gasteiger partial charge is 0.481 e. The highest BCUT2D eigenvalue weighted by molar-refractivity contribution is 7.10. The molecule has 5 heteroatoms. The van der Waals surface area contributed by atoms with E-state index in [0.717, 1.165) is 4.88 Å². The number of hydrogen-bond acceptors (Lipinski definition) is 3. The van der Waals surface area contributed by atoms with Gasteiger partial charge in [0.05, 0.1) is 11.8 Å². The molecule has 2 aromatic rings. The van der Waals surface area contributed by atoms with Gasteiger partial charge in [-0.1, -0.05) is 18.2 Å². The van der Waals surface area contributed by atoms with Crippen molar-refractivity contribution in [3.05, 3.63) is 52.2 Å². The van der Waals surface area contributed by atoms with Gasteiger partial charge in [0.15, 0.2) is 0 Å². The average Bonchev–Trinajstić information content (AvgIpc) is 2.92. The van der Waals surface area contributed by atoms with E-state index in [0.29, 0.717) is 11.3 Å². The van der Waals surface area contributed by atoms with Crippen molar-refractivity contribution in [3.63, 3.8) is 0 Å². The molecule has 2 N–H and O–H groups in total. The normalized spacial score (nSPS) is 11.1. The number of anilines is 1. The van der Waals surface area contributed by atoms with Crippen LogP contribution in [-0.2, 0) is 21.4 Å². The number of nitrogens with one attached hydrogen (secondary N) is 1. The second-order valence-electron chi connectivity index (χ2n) is 5.33. The molecule has 1 amide bonds. The van der Waals surface area contributed by atoms with E-state index in [1.165, 1.54) is 0 Å². The van der Waals surface area contributed by atoms with Gasteiger partial charge >= 0.3 is 5.97 Å². The fourth-order valence-corrected chi connectivity index (χ4v) is 2.82. The highest BCUT2D eigenvalue weighted by Crippen LogP contribution is 2.29. The SMILES string of the molecule is CC(C)(C(=O)Nc1cccc(CC(=O)O)c1)c1cccs1. The third-order valence-corrected chi connectivity index (χ3v) is 4.44. The number of carboxylic acids is 1. The van der Waals surface area contributed by atoms with Gasteiger partial charge < -0.3 is 10.4 Å². The molecular formula is C16H17NO3S. The molecule has 1 aromatic carbocycles. The third-order valence-electron chi connectivity index (χ3n) is 3.25. The summed E-state index contributed by atoms with van der Waals surface area (Å²) in [6.07, 6.45) is -0.0575. The minimum atomic E-state index is -0.891. The first kappa shape index (κ1) is 15.3. The van der Waals surface area contributed by atoms with Crippen LogP contribution >= 0.6 is 11.3 Å². The number of carbonyl (C=O) groups is 2. The first-order chi connectivity index (χ1) is 9.89. The Morgan fingerprint density at radius 2 is 2.00 bits per heavy atom. The predicted molar refractivity (Wildman–Crippen MR) is 83.8 cm³/mol. The van der Waals surface area contributed by atoms with Crippen LogP contribution in [0.3, 0.4) is 0 Å². The average molecular weight is 303 g/mol. The standard InChI is InChI=1S/C16H17NO3S/c1-16(2,13-7-4-8-21-13)15(20)17-12-6-3-5-11(9-12)10-14(18)19/h3-9H,10H2,1-2H3,(H,17,20)(H,18,19). The minimum absolute atomic E-state index is 0.0575. The maximum Gasteiger partial charge on any atom is 0.307 e. The summed E-state index contributed by atoms with van der Waals surface area (Å²) in [7, 11) is 0. The molecule has 1 aromatic heterocycles. The summed E-state index contributed by atoms with van der Waals surface area (Å²) in [5, 5.41) is 13.6. The van der Waals surface area contributed by atoms with Crippen LogP contribution in [0.2, 0.25) is 0 Å². The van der Waals surface area contributed by atoms with E-state index >= 15 is 0 Å². The summed E-state index contributed by atoms with van der Waals surface area (Å²) in [4.78, 5) is 24.2. The van der Waals surface area contributed by atoms with Crippen LogP contribution < -0.4 is 5.32 Å². The molecule has 2 rings (SSSR count). The number of thiophene rings is 1. The Morgan fingerprint density at radius 1 is 1.24 bits per heavy atom. The van der Waals surface area contributed by atoms with Crippen molar-refractivity contribution in [1.82, 2.24) is 0 Å². The van der Waals surface area contributed by atoms with E-state index in [4.69, 9.17) is 5.11 Å². The van der Waals surface area contributed by atoms with Gasteiger partial charge in [-0.25, -0.2) is 0 Å². The lowest BCUT2D eigenvalue weighted by molar-refractivity contribution is -0.136. The monoisotopic (exact) mass is 303 g/mol. The molecule has 0 fully saturated rings. The van der Waals surface area contributed by atoms with Gasteiger partial charge in [-0.15, -0.1) is 11.3 Å². The van der Waals surface area contributed by atoms with Gasteiger partial charge in [-0.05, 0) is 43.0 Å². The van der Waals surface area contributed by atoms with Gasteiger partial charge in [0.1, 0.15) is 0 Å². The van der Waals surface area contributed by atoms with Gasteiger partial charge in [0, 0.05) is 10.6 Å². The molecule has 21 heavy (non-hydrogen) atoms. The van der Waals surface area contributed by atoms with E-state index in [1.54, 1.807) is 35.6 Å². The second kappa shape index (κ2) is 6.10. The zero-order valence-electron chi connectivity index (χ0n) is 11.9. The maximum atomic E-state index is 12.4. The summed E-state index contributed by atoms with van der Waals surface area (Å²) in [6.45, 7) is 3.74. The second-order valence-corrected chi connectivity index (χ2v) is 6.28. The van der Waals surface area contributed by atoms with E-state index in [9.17, 15) is 9.59 Å². The van der Waals surface area contributed by atoms with Crippen molar-refractivity contribution in [2.24, 2.45) is 0 Å². The highest BCUT2D eigenvalue weighted by atomic mass is 32.1. The molecule has 0 aliphatic heterocycles. The highest BCUT2D eigenvalue weighted by Gasteiger charge is 2.30. The van der Waals surface area contributed by atoms with Gasteiger partial charge in [0.25, 0.3) is 0 Å². The zero-order valence-corrected chi connectivity index (χ0v) is 12.7. The molecule has 1 heterocycles. The molecule has 0 atom stereocenters. The maximum absolute atomic E-state index is 12.4. The van der Waals surface area contributed by atoms with Gasteiger partial charge in [-0.2, -0.15) is 0 Å². The molecule has 0 radical (unpaired) electrons. The topological polar surface area (TPSA) is 66.4 Å². The fraction of sp³-hybridized carbons (Fsp3) is 0.250. The van der Waals surface area contributed by atoms with Crippen molar-refractivity contribution in [3.8, 4) is 0 Å². The minimum Gasteiger partial charge on any atom is -0.481 e. The third kappa shape index (κ3) is 3.70. The van der Waals surface area contributed by atoms with Crippen molar-refractivity contribution in [2.45, 2.75) is 25.7 Å². The van der Waals surface area contributed by atoms with Crippen LogP contribution in [0.5, 0.6) is 0 Å². The molecule has 110 valence electrons. The van der Waals surface area contributed by atoms with Crippen molar-refractivity contribution < 1.29 is 14.7 Å². The Labute approximate surface area is 127 Å². The first-order valence-electron chi connectivity index (χ1n) is 6.56. The van der Waals surface area contributed by atoms with Crippen molar-refractivity contribution in [1.29, 1.82) is 0 Å². The van der Waals surface area contributed by atoms with E-state index in [-0.39, 0.29) is 12.3 Å². The summed E-state index contributed by atoms with van der Waals surface area (Å²) in [6, 6.07) is 10.8. The number of aliphatic carboxylic acids is 1. The Kier molecular flexibility index (Phi) is 4.43. The van der Waals surface area contributed by atoms with E-state index < -0.39 is 11.4 Å².